The van der Waals surface area contributed by atoms with Gasteiger partial charge in [0.25, 0.3) is 5.91 Å². The van der Waals surface area contributed by atoms with Gasteiger partial charge in [0.2, 0.25) is 0 Å². The number of rotatable bonds is 5. The lowest BCUT2D eigenvalue weighted by Gasteiger charge is -2.13. The second kappa shape index (κ2) is 6.72. The van der Waals surface area contributed by atoms with Gasteiger partial charge in [-0.1, -0.05) is 13.8 Å². The van der Waals surface area contributed by atoms with Crippen molar-refractivity contribution in [1.82, 2.24) is 4.57 Å². The summed E-state index contributed by atoms with van der Waals surface area (Å²) in [5.41, 5.74) is 7.59. The highest BCUT2D eigenvalue weighted by Gasteiger charge is 2.29. The fraction of sp³-hybridized carbons (Fsp3) is 0.500. The second-order valence-corrected chi connectivity index (χ2v) is 6.68. The van der Waals surface area contributed by atoms with Crippen LogP contribution in [0.2, 0.25) is 0 Å². The lowest BCUT2D eigenvalue weighted by molar-refractivity contribution is -0.126. The first kappa shape index (κ1) is 16.0. The summed E-state index contributed by atoms with van der Waals surface area (Å²) < 4.78 is 7.89. The Kier molecular flexibility index (Phi) is 4.68. The number of amides is 1. The van der Waals surface area contributed by atoms with E-state index in [1.165, 1.54) is 5.52 Å². The summed E-state index contributed by atoms with van der Waals surface area (Å²) in [5.74, 6) is 0.516. The molecule has 0 saturated carbocycles. The van der Waals surface area contributed by atoms with E-state index in [2.05, 4.69) is 42.1 Å². The van der Waals surface area contributed by atoms with Gasteiger partial charge in [-0.05, 0) is 43.0 Å². The number of aromatic nitrogens is 1. The first-order valence-corrected chi connectivity index (χ1v) is 8.32. The highest BCUT2D eigenvalue weighted by atomic mass is 16.5. The monoisotopic (exact) mass is 315 g/mol. The lowest BCUT2D eigenvalue weighted by Crippen LogP contribution is -2.29. The molecule has 3 N–H and O–H groups in total. The van der Waals surface area contributed by atoms with E-state index >= 15 is 0 Å². The first-order chi connectivity index (χ1) is 11.1. The molecule has 0 spiro atoms. The number of fused-ring (bicyclic) bond motifs is 1. The second-order valence-electron chi connectivity index (χ2n) is 6.68. The minimum atomic E-state index is -0.384. The molecule has 5 nitrogen and oxygen atoms in total. The average molecular weight is 315 g/mol. The molecular formula is C18H25N3O2. The number of ether oxygens (including phenoxy) is 1. The molecule has 0 radical (unpaired) electrons. The molecule has 3 rings (SSSR count). The van der Waals surface area contributed by atoms with Crippen molar-refractivity contribution < 1.29 is 9.53 Å². The van der Waals surface area contributed by atoms with E-state index in [4.69, 9.17) is 10.5 Å². The molecule has 1 aliphatic rings. The van der Waals surface area contributed by atoms with Crippen LogP contribution in [-0.2, 0) is 16.1 Å². The average Bonchev–Trinajstić information content (AvgIpc) is 3.14. The molecule has 2 heterocycles. The Morgan fingerprint density at radius 2 is 2.22 bits per heavy atom. The third-order valence-electron chi connectivity index (χ3n) is 4.26. The van der Waals surface area contributed by atoms with Crippen LogP contribution in [0.15, 0.2) is 30.5 Å². The molecule has 1 saturated heterocycles. The number of anilines is 1. The molecule has 2 aromatic rings. The predicted octanol–water partition coefficient (Wildman–Crippen LogP) is 2.74. The normalized spacial score (nSPS) is 21.2. The van der Waals surface area contributed by atoms with Crippen LogP contribution in [0.5, 0.6) is 0 Å². The molecule has 124 valence electrons. The van der Waals surface area contributed by atoms with Gasteiger partial charge in [-0.25, -0.2) is 0 Å². The van der Waals surface area contributed by atoms with Gasteiger partial charge in [0.05, 0.1) is 6.10 Å². The largest absolute Gasteiger partial charge is 0.364 e. The Labute approximate surface area is 136 Å². The zero-order valence-electron chi connectivity index (χ0n) is 13.8. The quantitative estimate of drug-likeness (QED) is 0.891. The summed E-state index contributed by atoms with van der Waals surface area (Å²) in [6.07, 6.45) is 3.32. The van der Waals surface area contributed by atoms with E-state index in [-0.39, 0.29) is 18.1 Å². The van der Waals surface area contributed by atoms with E-state index in [0.29, 0.717) is 12.5 Å². The molecule has 1 aliphatic heterocycles. The summed E-state index contributed by atoms with van der Waals surface area (Å²) in [5, 5.41) is 4.09. The third kappa shape index (κ3) is 3.57. The Morgan fingerprint density at radius 1 is 1.39 bits per heavy atom. The number of hydrogen-bond donors (Lipinski definition) is 2. The fourth-order valence-electron chi connectivity index (χ4n) is 3.13. The summed E-state index contributed by atoms with van der Waals surface area (Å²) in [7, 11) is 0. The molecule has 1 fully saturated rings. The van der Waals surface area contributed by atoms with Crippen LogP contribution in [0, 0.1) is 5.92 Å². The zero-order chi connectivity index (χ0) is 16.4. The van der Waals surface area contributed by atoms with E-state index in [1.807, 2.05) is 12.1 Å². The standard InChI is InChI=1S/C18H25N3O2/c1-12(2)11-21-8-7-13-9-14(3-5-16(13)21)20-18(22)17-6-4-15(10-19)23-17/h3,5,7-9,12,15,17H,4,6,10-11,19H2,1-2H3,(H,20,22)/t15-,17+/m1/s1. The maximum Gasteiger partial charge on any atom is 0.253 e. The molecule has 1 aromatic carbocycles. The van der Waals surface area contributed by atoms with Crippen molar-refractivity contribution in [2.24, 2.45) is 11.7 Å². The number of nitrogens with two attached hydrogens (primary N) is 1. The highest BCUT2D eigenvalue weighted by molar-refractivity contribution is 5.96. The van der Waals surface area contributed by atoms with E-state index < -0.39 is 0 Å². The summed E-state index contributed by atoms with van der Waals surface area (Å²) in [4.78, 5) is 12.3. The van der Waals surface area contributed by atoms with Gasteiger partial charge < -0.3 is 20.4 Å². The van der Waals surface area contributed by atoms with Crippen molar-refractivity contribution in [3.05, 3.63) is 30.5 Å². The van der Waals surface area contributed by atoms with Crippen LogP contribution in [-0.4, -0.2) is 29.2 Å². The highest BCUT2D eigenvalue weighted by Crippen LogP contribution is 2.24. The van der Waals surface area contributed by atoms with Gasteiger partial charge in [0.15, 0.2) is 0 Å². The number of carbonyl (C=O) groups is 1. The summed E-state index contributed by atoms with van der Waals surface area (Å²) in [6, 6.07) is 8.11. The number of carbonyl (C=O) groups excluding carboxylic acids is 1. The van der Waals surface area contributed by atoms with E-state index in [9.17, 15) is 4.79 Å². The van der Waals surface area contributed by atoms with Crippen LogP contribution in [0.4, 0.5) is 5.69 Å². The molecule has 0 aliphatic carbocycles. The van der Waals surface area contributed by atoms with Crippen LogP contribution < -0.4 is 11.1 Å². The van der Waals surface area contributed by atoms with Crippen LogP contribution >= 0.6 is 0 Å². The van der Waals surface area contributed by atoms with Gasteiger partial charge in [-0.2, -0.15) is 0 Å². The molecule has 2 atom stereocenters. The van der Waals surface area contributed by atoms with Crippen molar-refractivity contribution in [3.63, 3.8) is 0 Å². The zero-order valence-corrected chi connectivity index (χ0v) is 13.8. The maximum atomic E-state index is 12.3. The third-order valence-corrected chi connectivity index (χ3v) is 4.26. The summed E-state index contributed by atoms with van der Waals surface area (Å²) in [6.45, 7) is 5.87. The van der Waals surface area contributed by atoms with Crippen LogP contribution in [0.25, 0.3) is 10.9 Å². The minimum absolute atomic E-state index is 0.0123. The molecular weight excluding hydrogens is 290 g/mol. The lowest BCUT2D eigenvalue weighted by atomic mass is 10.1. The number of benzene rings is 1. The molecule has 23 heavy (non-hydrogen) atoms. The summed E-state index contributed by atoms with van der Waals surface area (Å²) >= 11 is 0. The SMILES string of the molecule is CC(C)Cn1ccc2cc(NC(=O)[C@@H]3CC[C@H](CN)O3)ccc21. The molecule has 5 heteroatoms. The Bertz CT molecular complexity index is 693. The smallest absolute Gasteiger partial charge is 0.253 e. The molecule has 0 unspecified atom stereocenters. The molecule has 1 aromatic heterocycles. The Hall–Kier alpha value is -1.85. The van der Waals surface area contributed by atoms with Gasteiger partial charge >= 0.3 is 0 Å². The topological polar surface area (TPSA) is 69.3 Å². The predicted molar refractivity (Wildman–Crippen MR) is 92.4 cm³/mol. The van der Waals surface area contributed by atoms with Gasteiger partial charge in [0, 0.05) is 35.9 Å². The van der Waals surface area contributed by atoms with Crippen molar-refractivity contribution >= 4 is 22.5 Å². The maximum absolute atomic E-state index is 12.3. The van der Waals surface area contributed by atoms with Gasteiger partial charge in [-0.15, -0.1) is 0 Å². The van der Waals surface area contributed by atoms with Crippen LogP contribution in [0.1, 0.15) is 26.7 Å². The number of hydrogen-bond acceptors (Lipinski definition) is 3. The van der Waals surface area contributed by atoms with Crippen molar-refractivity contribution in [2.45, 2.75) is 45.4 Å². The van der Waals surface area contributed by atoms with Crippen molar-refractivity contribution in [3.8, 4) is 0 Å². The molecule has 0 bridgehead atoms. The fourth-order valence-corrected chi connectivity index (χ4v) is 3.13. The number of nitrogens with zero attached hydrogens (tertiary/aromatic N) is 1. The van der Waals surface area contributed by atoms with Crippen LogP contribution in [0.3, 0.4) is 0 Å². The molecule has 1 amide bonds. The Balaban J connectivity index is 1.70. The first-order valence-electron chi connectivity index (χ1n) is 8.32. The van der Waals surface area contributed by atoms with Crippen molar-refractivity contribution in [1.29, 1.82) is 0 Å². The Morgan fingerprint density at radius 3 is 2.91 bits per heavy atom. The minimum Gasteiger partial charge on any atom is -0.364 e. The number of nitrogens with one attached hydrogen (secondary N) is 1. The van der Waals surface area contributed by atoms with E-state index in [1.54, 1.807) is 0 Å². The van der Waals surface area contributed by atoms with Crippen molar-refractivity contribution in [2.75, 3.05) is 11.9 Å². The van der Waals surface area contributed by atoms with Gasteiger partial charge in [-0.3, -0.25) is 4.79 Å². The van der Waals surface area contributed by atoms with E-state index in [0.717, 1.165) is 30.5 Å². The van der Waals surface area contributed by atoms with Gasteiger partial charge in [0.1, 0.15) is 6.10 Å².